The fourth-order valence-corrected chi connectivity index (χ4v) is 6.26. The standard InChI is InChI=1S/C19H22N4O4S2/c1-13-10-16(27-21-13)17-11-18(14(2)28-17)29(24,25)23-8-6-22(7-9-23)15-4-5-19(26-3)20-12-15/h4-5,10-12H,6-9H2,1-3H3. The van der Waals surface area contributed by atoms with Gasteiger partial charge in [0.2, 0.25) is 15.9 Å². The Bertz CT molecular complexity index is 1100. The van der Waals surface area contributed by atoms with Crippen molar-refractivity contribution in [2.45, 2.75) is 18.7 Å². The number of piperazine rings is 1. The maximum Gasteiger partial charge on any atom is 0.244 e. The monoisotopic (exact) mass is 434 g/mol. The number of anilines is 1. The van der Waals surface area contributed by atoms with Crippen LogP contribution in [-0.4, -0.2) is 56.2 Å². The number of sulfonamides is 1. The van der Waals surface area contributed by atoms with Gasteiger partial charge in [0, 0.05) is 43.2 Å². The molecular formula is C19H22N4O4S2. The highest BCUT2D eigenvalue weighted by Crippen LogP contribution is 2.35. The minimum absolute atomic E-state index is 0.339. The van der Waals surface area contributed by atoms with Gasteiger partial charge in [-0.05, 0) is 26.0 Å². The molecule has 3 aromatic heterocycles. The van der Waals surface area contributed by atoms with Crippen LogP contribution in [0.5, 0.6) is 5.88 Å². The van der Waals surface area contributed by atoms with Crippen LogP contribution in [0.4, 0.5) is 5.69 Å². The number of nitrogens with zero attached hydrogens (tertiary/aromatic N) is 4. The molecule has 154 valence electrons. The molecule has 0 unspecified atom stereocenters. The molecule has 3 aromatic rings. The van der Waals surface area contributed by atoms with Crippen molar-refractivity contribution in [1.29, 1.82) is 0 Å². The maximum atomic E-state index is 13.2. The van der Waals surface area contributed by atoms with E-state index >= 15 is 0 Å². The van der Waals surface area contributed by atoms with Gasteiger partial charge in [0.15, 0.2) is 5.76 Å². The number of methoxy groups -OCH3 is 1. The quantitative estimate of drug-likeness (QED) is 0.610. The van der Waals surface area contributed by atoms with Gasteiger partial charge in [-0.25, -0.2) is 13.4 Å². The van der Waals surface area contributed by atoms with E-state index in [2.05, 4.69) is 15.0 Å². The van der Waals surface area contributed by atoms with Crippen LogP contribution >= 0.6 is 11.3 Å². The first-order valence-electron chi connectivity index (χ1n) is 9.18. The number of hydrogen-bond donors (Lipinski definition) is 0. The normalized spacial score (nSPS) is 15.6. The van der Waals surface area contributed by atoms with Gasteiger partial charge in [0.1, 0.15) is 0 Å². The largest absolute Gasteiger partial charge is 0.481 e. The molecule has 10 heteroatoms. The Labute approximate surface area is 173 Å². The van der Waals surface area contributed by atoms with Crippen LogP contribution in [0.25, 0.3) is 10.6 Å². The van der Waals surface area contributed by atoms with Gasteiger partial charge < -0.3 is 14.2 Å². The first-order chi connectivity index (χ1) is 13.9. The van der Waals surface area contributed by atoms with E-state index in [-0.39, 0.29) is 0 Å². The lowest BCUT2D eigenvalue weighted by atomic mass is 10.3. The van der Waals surface area contributed by atoms with E-state index in [0.29, 0.717) is 42.7 Å². The summed E-state index contributed by atoms with van der Waals surface area (Å²) < 4.78 is 38.4. The van der Waals surface area contributed by atoms with Crippen LogP contribution in [-0.2, 0) is 10.0 Å². The van der Waals surface area contributed by atoms with Gasteiger partial charge >= 0.3 is 0 Å². The highest BCUT2D eigenvalue weighted by molar-refractivity contribution is 7.89. The summed E-state index contributed by atoms with van der Waals surface area (Å²) >= 11 is 1.40. The second kappa shape index (κ2) is 7.77. The van der Waals surface area contributed by atoms with Gasteiger partial charge in [-0.2, -0.15) is 4.31 Å². The molecule has 8 nitrogen and oxygen atoms in total. The Morgan fingerprint density at radius 2 is 1.90 bits per heavy atom. The number of aryl methyl sites for hydroxylation is 2. The predicted octanol–water partition coefficient (Wildman–Crippen LogP) is 2.93. The van der Waals surface area contributed by atoms with Gasteiger partial charge in [0.05, 0.1) is 34.5 Å². The number of thiophene rings is 1. The Balaban J connectivity index is 1.49. The number of hydrogen-bond acceptors (Lipinski definition) is 8. The SMILES string of the molecule is COc1ccc(N2CCN(S(=O)(=O)c3cc(-c4cc(C)no4)sc3C)CC2)cn1. The van der Waals surface area contributed by atoms with Crippen molar-refractivity contribution in [3.8, 4) is 16.5 Å². The molecule has 0 saturated carbocycles. The van der Waals surface area contributed by atoms with Crippen molar-refractivity contribution in [2.75, 3.05) is 38.2 Å². The first-order valence-corrected chi connectivity index (χ1v) is 11.4. The molecule has 1 saturated heterocycles. The zero-order valence-corrected chi connectivity index (χ0v) is 18.1. The van der Waals surface area contributed by atoms with Gasteiger partial charge in [0.25, 0.3) is 0 Å². The summed E-state index contributed by atoms with van der Waals surface area (Å²) in [6, 6.07) is 7.24. The van der Waals surface area contributed by atoms with Crippen molar-refractivity contribution in [3.63, 3.8) is 0 Å². The molecule has 0 aliphatic carbocycles. The molecule has 1 aliphatic rings. The average molecular weight is 435 g/mol. The Morgan fingerprint density at radius 1 is 1.14 bits per heavy atom. The highest BCUT2D eigenvalue weighted by Gasteiger charge is 2.31. The molecule has 0 radical (unpaired) electrons. The van der Waals surface area contributed by atoms with E-state index in [1.165, 1.54) is 11.3 Å². The van der Waals surface area contributed by atoms with Crippen molar-refractivity contribution in [1.82, 2.24) is 14.4 Å². The molecule has 4 heterocycles. The number of pyridine rings is 1. The van der Waals surface area contributed by atoms with Gasteiger partial charge in [-0.3, -0.25) is 0 Å². The summed E-state index contributed by atoms with van der Waals surface area (Å²) in [5.41, 5.74) is 1.72. The number of rotatable bonds is 5. The van der Waals surface area contributed by atoms with Crippen LogP contribution in [0.15, 0.2) is 39.9 Å². The van der Waals surface area contributed by atoms with Crippen LogP contribution in [0.3, 0.4) is 0 Å². The van der Waals surface area contributed by atoms with Crippen LogP contribution < -0.4 is 9.64 Å². The Kier molecular flexibility index (Phi) is 5.32. The third-order valence-electron chi connectivity index (χ3n) is 4.89. The fraction of sp³-hybridized carbons (Fsp3) is 0.368. The molecule has 0 spiro atoms. The van der Waals surface area contributed by atoms with Crippen molar-refractivity contribution in [2.24, 2.45) is 0 Å². The van der Waals surface area contributed by atoms with E-state index < -0.39 is 10.0 Å². The summed E-state index contributed by atoms with van der Waals surface area (Å²) in [6.45, 7) is 5.70. The Morgan fingerprint density at radius 3 is 2.48 bits per heavy atom. The van der Waals surface area contributed by atoms with Crippen molar-refractivity contribution < 1.29 is 17.7 Å². The van der Waals surface area contributed by atoms with Crippen LogP contribution in [0.1, 0.15) is 10.6 Å². The maximum absolute atomic E-state index is 13.2. The molecule has 4 rings (SSSR count). The molecule has 1 aliphatic heterocycles. The molecule has 0 bridgehead atoms. The van der Waals surface area contributed by atoms with E-state index in [9.17, 15) is 8.42 Å². The second-order valence-electron chi connectivity index (χ2n) is 6.81. The average Bonchev–Trinajstić information content (AvgIpc) is 3.34. The molecular weight excluding hydrogens is 412 g/mol. The van der Waals surface area contributed by atoms with E-state index in [4.69, 9.17) is 9.26 Å². The van der Waals surface area contributed by atoms with E-state index in [1.54, 1.807) is 29.7 Å². The summed E-state index contributed by atoms with van der Waals surface area (Å²) in [6.07, 6.45) is 1.75. The zero-order valence-electron chi connectivity index (χ0n) is 16.5. The summed E-state index contributed by atoms with van der Waals surface area (Å²) in [7, 11) is -1.99. The molecule has 0 N–H and O–H groups in total. The number of ether oxygens (including phenoxy) is 1. The highest BCUT2D eigenvalue weighted by atomic mass is 32.2. The zero-order chi connectivity index (χ0) is 20.6. The number of aromatic nitrogens is 2. The summed E-state index contributed by atoms with van der Waals surface area (Å²) in [4.78, 5) is 8.20. The van der Waals surface area contributed by atoms with E-state index in [1.807, 2.05) is 26.0 Å². The Hall–Kier alpha value is -2.43. The molecule has 0 atom stereocenters. The minimum atomic E-state index is -3.57. The van der Waals surface area contributed by atoms with Crippen molar-refractivity contribution >= 4 is 27.0 Å². The lowest BCUT2D eigenvalue weighted by molar-refractivity contribution is 0.383. The molecule has 29 heavy (non-hydrogen) atoms. The first kappa shape index (κ1) is 19.9. The van der Waals surface area contributed by atoms with Crippen molar-refractivity contribution in [3.05, 3.63) is 41.0 Å². The molecule has 0 aromatic carbocycles. The summed E-state index contributed by atoms with van der Waals surface area (Å²) in [5, 5.41) is 3.89. The van der Waals surface area contributed by atoms with Gasteiger partial charge in [-0.15, -0.1) is 11.3 Å². The third-order valence-corrected chi connectivity index (χ3v) is 8.11. The molecule has 1 fully saturated rings. The smallest absolute Gasteiger partial charge is 0.244 e. The summed E-state index contributed by atoms with van der Waals surface area (Å²) in [5.74, 6) is 1.15. The van der Waals surface area contributed by atoms with E-state index in [0.717, 1.165) is 21.1 Å². The third kappa shape index (κ3) is 3.87. The van der Waals surface area contributed by atoms with Crippen LogP contribution in [0, 0.1) is 13.8 Å². The predicted molar refractivity (Wildman–Crippen MR) is 111 cm³/mol. The molecule has 0 amide bonds. The second-order valence-corrected chi connectivity index (χ2v) is 9.98. The fourth-order valence-electron chi connectivity index (χ4n) is 3.33. The topological polar surface area (TPSA) is 88.8 Å². The van der Waals surface area contributed by atoms with Crippen LogP contribution in [0.2, 0.25) is 0 Å². The lowest BCUT2D eigenvalue weighted by Crippen LogP contribution is -2.48. The van der Waals surface area contributed by atoms with Gasteiger partial charge in [-0.1, -0.05) is 5.16 Å². The lowest BCUT2D eigenvalue weighted by Gasteiger charge is -2.35. The minimum Gasteiger partial charge on any atom is -0.481 e.